The highest BCUT2D eigenvalue weighted by Crippen LogP contribution is 2.27. The largest absolute Gasteiger partial charge is 0.492 e. The van der Waals surface area contributed by atoms with E-state index in [4.69, 9.17) is 9.47 Å². The first-order valence-electron chi connectivity index (χ1n) is 12.6. The second-order valence-corrected chi connectivity index (χ2v) is 9.20. The predicted molar refractivity (Wildman–Crippen MR) is 137 cm³/mol. The Morgan fingerprint density at radius 1 is 1.06 bits per heavy atom. The third kappa shape index (κ3) is 8.91. The minimum atomic E-state index is -0.964. The molecule has 35 heavy (non-hydrogen) atoms. The SMILES string of the molecule is CCOC(Cc1ccc(OCCN(CCC2CCCC2)C(=O)Nc2ccc(C)cc2)cc1)C(=O)O. The van der Waals surface area contributed by atoms with Crippen LogP contribution in [0.15, 0.2) is 48.5 Å². The summed E-state index contributed by atoms with van der Waals surface area (Å²) < 4.78 is 11.2. The number of hydrogen-bond donors (Lipinski definition) is 2. The first-order valence-corrected chi connectivity index (χ1v) is 12.6. The van der Waals surface area contributed by atoms with Crippen LogP contribution in [0.3, 0.4) is 0 Å². The number of amides is 2. The number of carbonyl (C=O) groups is 2. The van der Waals surface area contributed by atoms with Crippen molar-refractivity contribution in [3.63, 3.8) is 0 Å². The molecule has 2 N–H and O–H groups in total. The number of carboxylic acids is 1. The van der Waals surface area contributed by atoms with E-state index >= 15 is 0 Å². The standard InChI is InChI=1S/C28H38N2O5/c1-3-34-26(27(31)32)20-23-10-14-25(15-11-23)35-19-18-30(17-16-22-6-4-5-7-22)28(33)29-24-12-8-21(2)9-13-24/h8-15,22,26H,3-7,16-20H2,1-2H3,(H,29,33)(H,31,32). The van der Waals surface area contributed by atoms with E-state index in [0.29, 0.717) is 44.4 Å². The Bertz CT molecular complexity index is 923. The van der Waals surface area contributed by atoms with Crippen molar-refractivity contribution in [2.75, 3.05) is 31.6 Å². The molecule has 1 unspecified atom stereocenters. The van der Waals surface area contributed by atoms with E-state index in [9.17, 15) is 14.7 Å². The van der Waals surface area contributed by atoms with Crippen LogP contribution in [0.25, 0.3) is 0 Å². The van der Waals surface area contributed by atoms with E-state index in [2.05, 4.69) is 5.32 Å². The molecular formula is C28H38N2O5. The van der Waals surface area contributed by atoms with Crippen LogP contribution in [0.2, 0.25) is 0 Å². The maximum atomic E-state index is 13.0. The van der Waals surface area contributed by atoms with Crippen LogP contribution in [-0.4, -0.2) is 54.4 Å². The number of anilines is 1. The second kappa shape index (κ2) is 13.7. The van der Waals surface area contributed by atoms with Crippen molar-refractivity contribution in [2.24, 2.45) is 5.92 Å². The van der Waals surface area contributed by atoms with E-state index in [1.165, 1.54) is 25.7 Å². The third-order valence-corrected chi connectivity index (χ3v) is 6.49. The average Bonchev–Trinajstić information content (AvgIpc) is 3.37. The van der Waals surface area contributed by atoms with Gasteiger partial charge in [0.15, 0.2) is 6.10 Å². The Kier molecular flexibility index (Phi) is 10.4. The molecule has 3 rings (SSSR count). The first kappa shape index (κ1) is 26.5. The fourth-order valence-electron chi connectivity index (χ4n) is 4.42. The number of aliphatic carboxylic acids is 1. The van der Waals surface area contributed by atoms with Crippen molar-refractivity contribution in [1.82, 2.24) is 4.90 Å². The molecule has 7 nitrogen and oxygen atoms in total. The normalized spacial score (nSPS) is 14.5. The number of hydrogen-bond acceptors (Lipinski definition) is 4. The molecule has 0 aromatic heterocycles. The third-order valence-electron chi connectivity index (χ3n) is 6.49. The Labute approximate surface area is 208 Å². The summed E-state index contributed by atoms with van der Waals surface area (Å²) in [6.07, 6.45) is 5.55. The highest BCUT2D eigenvalue weighted by Gasteiger charge is 2.20. The molecule has 190 valence electrons. The lowest BCUT2D eigenvalue weighted by molar-refractivity contribution is -0.149. The lowest BCUT2D eigenvalue weighted by Gasteiger charge is -2.25. The first-order chi connectivity index (χ1) is 16.9. The second-order valence-electron chi connectivity index (χ2n) is 9.20. The molecule has 0 radical (unpaired) electrons. The topological polar surface area (TPSA) is 88.1 Å². The number of aryl methyl sites for hydroxylation is 1. The van der Waals surface area contributed by atoms with E-state index < -0.39 is 12.1 Å². The number of ether oxygens (including phenoxy) is 2. The van der Waals surface area contributed by atoms with Gasteiger partial charge in [-0.3, -0.25) is 0 Å². The maximum absolute atomic E-state index is 13.0. The van der Waals surface area contributed by atoms with Gasteiger partial charge in [-0.1, -0.05) is 55.5 Å². The van der Waals surface area contributed by atoms with Crippen LogP contribution in [-0.2, 0) is 16.0 Å². The van der Waals surface area contributed by atoms with Crippen LogP contribution in [0.4, 0.5) is 10.5 Å². The van der Waals surface area contributed by atoms with Crippen molar-refractivity contribution in [3.05, 3.63) is 59.7 Å². The minimum absolute atomic E-state index is 0.110. The summed E-state index contributed by atoms with van der Waals surface area (Å²) in [4.78, 5) is 26.1. The van der Waals surface area contributed by atoms with Gasteiger partial charge in [-0.25, -0.2) is 9.59 Å². The van der Waals surface area contributed by atoms with E-state index in [1.807, 2.05) is 60.4 Å². The summed E-state index contributed by atoms with van der Waals surface area (Å²) in [7, 11) is 0. The van der Waals surface area contributed by atoms with Crippen LogP contribution >= 0.6 is 0 Å². The summed E-state index contributed by atoms with van der Waals surface area (Å²) in [6, 6.07) is 15.1. The number of carboxylic acid groups (broad SMARTS) is 1. The van der Waals surface area contributed by atoms with E-state index in [-0.39, 0.29) is 6.03 Å². The van der Waals surface area contributed by atoms with Gasteiger partial charge < -0.3 is 24.8 Å². The molecule has 0 spiro atoms. The molecule has 2 aromatic rings. The molecule has 2 amide bonds. The summed E-state index contributed by atoms with van der Waals surface area (Å²) in [5, 5.41) is 12.3. The van der Waals surface area contributed by atoms with Crippen molar-refractivity contribution < 1.29 is 24.2 Å². The van der Waals surface area contributed by atoms with Gasteiger partial charge in [0, 0.05) is 25.3 Å². The average molecular weight is 483 g/mol. The van der Waals surface area contributed by atoms with Crippen molar-refractivity contribution in [1.29, 1.82) is 0 Å². The zero-order chi connectivity index (χ0) is 25.0. The number of nitrogens with zero attached hydrogens (tertiary/aromatic N) is 1. The smallest absolute Gasteiger partial charge is 0.333 e. The molecule has 0 saturated heterocycles. The van der Waals surface area contributed by atoms with Crippen molar-refractivity contribution >= 4 is 17.7 Å². The van der Waals surface area contributed by atoms with Crippen molar-refractivity contribution in [2.45, 2.75) is 58.5 Å². The van der Waals surface area contributed by atoms with Gasteiger partial charge in [0.25, 0.3) is 0 Å². The lowest BCUT2D eigenvalue weighted by atomic mass is 10.0. The van der Waals surface area contributed by atoms with Crippen molar-refractivity contribution in [3.8, 4) is 5.75 Å². The fraction of sp³-hybridized carbons (Fsp3) is 0.500. The Morgan fingerprint density at radius 2 is 1.74 bits per heavy atom. The molecule has 0 bridgehead atoms. The number of benzene rings is 2. The Morgan fingerprint density at radius 3 is 2.37 bits per heavy atom. The summed E-state index contributed by atoms with van der Waals surface area (Å²) in [5.41, 5.74) is 2.81. The molecule has 2 aromatic carbocycles. The molecule has 7 heteroatoms. The van der Waals surface area contributed by atoms with Gasteiger partial charge >= 0.3 is 12.0 Å². The monoisotopic (exact) mass is 482 g/mol. The summed E-state index contributed by atoms with van der Waals surface area (Å²) in [5.74, 6) is 0.421. The summed E-state index contributed by atoms with van der Waals surface area (Å²) >= 11 is 0. The maximum Gasteiger partial charge on any atom is 0.333 e. The molecule has 1 aliphatic carbocycles. The number of nitrogens with one attached hydrogen (secondary N) is 1. The number of urea groups is 1. The quantitative estimate of drug-likeness (QED) is 0.392. The number of rotatable bonds is 13. The Balaban J connectivity index is 1.53. The van der Waals surface area contributed by atoms with Gasteiger partial charge in [-0.05, 0) is 56.0 Å². The number of carbonyl (C=O) groups excluding carboxylic acids is 1. The van der Waals surface area contributed by atoms with Gasteiger partial charge in [-0.2, -0.15) is 0 Å². The van der Waals surface area contributed by atoms with Gasteiger partial charge in [0.2, 0.25) is 0 Å². The van der Waals surface area contributed by atoms with Crippen LogP contribution < -0.4 is 10.1 Å². The van der Waals surface area contributed by atoms with Gasteiger partial charge in [0.1, 0.15) is 12.4 Å². The summed E-state index contributed by atoms with van der Waals surface area (Å²) in [6.45, 7) is 5.73. The molecule has 1 saturated carbocycles. The predicted octanol–water partition coefficient (Wildman–Crippen LogP) is 5.52. The van der Waals surface area contributed by atoms with Gasteiger partial charge in [0.05, 0.1) is 6.54 Å². The van der Waals surface area contributed by atoms with Crippen LogP contribution in [0, 0.1) is 12.8 Å². The van der Waals surface area contributed by atoms with E-state index in [1.54, 1.807) is 6.92 Å². The molecule has 1 fully saturated rings. The zero-order valence-electron chi connectivity index (χ0n) is 20.9. The molecule has 0 aliphatic heterocycles. The molecule has 1 atom stereocenters. The highest BCUT2D eigenvalue weighted by molar-refractivity contribution is 5.89. The highest BCUT2D eigenvalue weighted by atomic mass is 16.5. The Hall–Kier alpha value is -3.06. The lowest BCUT2D eigenvalue weighted by Crippen LogP contribution is -2.39. The van der Waals surface area contributed by atoms with Crippen LogP contribution in [0.5, 0.6) is 5.75 Å². The van der Waals surface area contributed by atoms with Crippen LogP contribution in [0.1, 0.15) is 50.2 Å². The molecular weight excluding hydrogens is 444 g/mol. The zero-order valence-corrected chi connectivity index (χ0v) is 20.9. The van der Waals surface area contributed by atoms with Gasteiger partial charge in [-0.15, -0.1) is 0 Å². The van der Waals surface area contributed by atoms with E-state index in [0.717, 1.165) is 23.2 Å². The minimum Gasteiger partial charge on any atom is -0.492 e. The molecule has 0 heterocycles. The molecule has 1 aliphatic rings. The fourth-order valence-corrected chi connectivity index (χ4v) is 4.42.